The standard InChI is InChI=1S/C11H10INS/c12-11-6-5-10(14-11)9-4-2-1-3-8(9)7-13/h1-6H,7,13H2. The summed E-state index contributed by atoms with van der Waals surface area (Å²) in [5.74, 6) is 0. The van der Waals surface area contributed by atoms with Gasteiger partial charge in [-0.3, -0.25) is 0 Å². The second-order valence-corrected chi connectivity index (χ2v) is 5.94. The lowest BCUT2D eigenvalue weighted by Gasteiger charge is -2.04. The summed E-state index contributed by atoms with van der Waals surface area (Å²) in [6.07, 6.45) is 0. The summed E-state index contributed by atoms with van der Waals surface area (Å²) in [4.78, 5) is 1.30. The Balaban J connectivity index is 2.50. The molecular weight excluding hydrogens is 305 g/mol. The van der Waals surface area contributed by atoms with Crippen LogP contribution in [0.4, 0.5) is 0 Å². The Hall–Kier alpha value is -0.390. The van der Waals surface area contributed by atoms with E-state index in [2.05, 4.69) is 52.9 Å². The zero-order valence-corrected chi connectivity index (χ0v) is 10.5. The largest absolute Gasteiger partial charge is 0.326 e. The van der Waals surface area contributed by atoms with Gasteiger partial charge in [-0.05, 0) is 45.9 Å². The Morgan fingerprint density at radius 3 is 2.57 bits per heavy atom. The first-order valence-electron chi connectivity index (χ1n) is 4.35. The van der Waals surface area contributed by atoms with E-state index in [1.165, 1.54) is 18.9 Å². The maximum atomic E-state index is 5.70. The number of nitrogens with two attached hydrogens (primary N) is 1. The Bertz CT molecular complexity index is 436. The number of halogens is 1. The highest BCUT2D eigenvalue weighted by Crippen LogP contribution is 2.31. The van der Waals surface area contributed by atoms with Gasteiger partial charge in [0.25, 0.3) is 0 Å². The van der Waals surface area contributed by atoms with E-state index in [-0.39, 0.29) is 0 Å². The van der Waals surface area contributed by atoms with Crippen molar-refractivity contribution in [2.75, 3.05) is 0 Å². The number of thiophene rings is 1. The van der Waals surface area contributed by atoms with Gasteiger partial charge in [-0.2, -0.15) is 0 Å². The maximum absolute atomic E-state index is 5.70. The summed E-state index contributed by atoms with van der Waals surface area (Å²) in [6, 6.07) is 12.6. The quantitative estimate of drug-likeness (QED) is 0.844. The van der Waals surface area contributed by atoms with Crippen molar-refractivity contribution >= 4 is 33.9 Å². The van der Waals surface area contributed by atoms with Crippen LogP contribution < -0.4 is 5.73 Å². The highest BCUT2D eigenvalue weighted by atomic mass is 127. The zero-order valence-electron chi connectivity index (χ0n) is 7.53. The molecule has 0 aliphatic heterocycles. The van der Waals surface area contributed by atoms with E-state index in [0.717, 1.165) is 0 Å². The Labute approximate surface area is 101 Å². The van der Waals surface area contributed by atoms with Gasteiger partial charge in [0, 0.05) is 11.4 Å². The lowest BCUT2D eigenvalue weighted by atomic mass is 10.1. The van der Waals surface area contributed by atoms with Crippen LogP contribution in [0, 0.1) is 2.88 Å². The van der Waals surface area contributed by atoms with Crippen LogP contribution in [0.15, 0.2) is 36.4 Å². The van der Waals surface area contributed by atoms with Crippen LogP contribution in [-0.4, -0.2) is 0 Å². The van der Waals surface area contributed by atoms with E-state index in [1.54, 1.807) is 11.3 Å². The molecule has 1 heterocycles. The smallest absolute Gasteiger partial charge is 0.0660 e. The third kappa shape index (κ3) is 1.99. The van der Waals surface area contributed by atoms with Crippen molar-refractivity contribution in [2.24, 2.45) is 5.73 Å². The minimum atomic E-state index is 0.602. The van der Waals surface area contributed by atoms with Crippen molar-refractivity contribution in [1.29, 1.82) is 0 Å². The zero-order chi connectivity index (χ0) is 9.97. The van der Waals surface area contributed by atoms with Crippen LogP contribution in [-0.2, 0) is 6.54 Å². The molecule has 3 heteroatoms. The SMILES string of the molecule is NCc1ccccc1-c1ccc(I)s1. The molecule has 0 bridgehead atoms. The highest BCUT2D eigenvalue weighted by molar-refractivity contribution is 14.1. The molecular formula is C11H10INS. The average molecular weight is 315 g/mol. The molecule has 0 saturated heterocycles. The molecule has 0 amide bonds. The van der Waals surface area contributed by atoms with Gasteiger partial charge in [-0.15, -0.1) is 11.3 Å². The van der Waals surface area contributed by atoms with E-state index in [4.69, 9.17) is 5.73 Å². The van der Waals surface area contributed by atoms with Crippen molar-refractivity contribution in [3.8, 4) is 10.4 Å². The Morgan fingerprint density at radius 1 is 1.14 bits per heavy atom. The summed E-state index contributed by atoms with van der Waals surface area (Å²) < 4.78 is 1.31. The van der Waals surface area contributed by atoms with Gasteiger partial charge in [-0.25, -0.2) is 0 Å². The monoisotopic (exact) mass is 315 g/mol. The molecule has 0 aliphatic rings. The third-order valence-corrected chi connectivity index (χ3v) is 4.00. The lowest BCUT2D eigenvalue weighted by molar-refractivity contribution is 1.07. The predicted molar refractivity (Wildman–Crippen MR) is 70.4 cm³/mol. The Morgan fingerprint density at radius 2 is 1.93 bits per heavy atom. The minimum absolute atomic E-state index is 0.602. The van der Waals surface area contributed by atoms with Gasteiger partial charge in [-0.1, -0.05) is 24.3 Å². The van der Waals surface area contributed by atoms with Crippen LogP contribution in [0.5, 0.6) is 0 Å². The van der Waals surface area contributed by atoms with Gasteiger partial charge in [0.15, 0.2) is 0 Å². The first kappa shape index (κ1) is 10.1. The summed E-state index contributed by atoms with van der Waals surface area (Å²) >= 11 is 4.14. The summed E-state index contributed by atoms with van der Waals surface area (Å²) in [5.41, 5.74) is 8.18. The van der Waals surface area contributed by atoms with Gasteiger partial charge < -0.3 is 5.73 Å². The van der Waals surface area contributed by atoms with Crippen molar-refractivity contribution in [2.45, 2.75) is 6.54 Å². The molecule has 1 aromatic carbocycles. The fourth-order valence-corrected chi connectivity index (χ4v) is 3.08. The van der Waals surface area contributed by atoms with Crippen molar-refractivity contribution in [1.82, 2.24) is 0 Å². The number of hydrogen-bond donors (Lipinski definition) is 1. The number of rotatable bonds is 2. The van der Waals surface area contributed by atoms with Gasteiger partial charge in [0.2, 0.25) is 0 Å². The number of benzene rings is 1. The molecule has 1 nitrogen and oxygen atoms in total. The van der Waals surface area contributed by atoms with E-state index < -0.39 is 0 Å². The Kier molecular flexibility index (Phi) is 3.20. The molecule has 0 atom stereocenters. The molecule has 2 aromatic rings. The average Bonchev–Trinajstić information content (AvgIpc) is 2.65. The number of hydrogen-bond acceptors (Lipinski definition) is 2. The second-order valence-electron chi connectivity index (χ2n) is 2.97. The van der Waals surface area contributed by atoms with Crippen molar-refractivity contribution in [3.05, 3.63) is 44.8 Å². The molecule has 2 N–H and O–H groups in total. The molecule has 0 unspecified atom stereocenters. The van der Waals surface area contributed by atoms with Gasteiger partial charge in [0.05, 0.1) is 2.88 Å². The lowest BCUT2D eigenvalue weighted by Crippen LogP contribution is -1.97. The van der Waals surface area contributed by atoms with Crippen LogP contribution >= 0.6 is 33.9 Å². The molecule has 0 spiro atoms. The van der Waals surface area contributed by atoms with Crippen molar-refractivity contribution < 1.29 is 0 Å². The topological polar surface area (TPSA) is 26.0 Å². The maximum Gasteiger partial charge on any atom is 0.0660 e. The molecule has 0 aliphatic carbocycles. The molecule has 0 saturated carbocycles. The van der Waals surface area contributed by atoms with E-state index in [1.807, 2.05) is 6.07 Å². The predicted octanol–water partition coefficient (Wildman–Crippen LogP) is 3.48. The van der Waals surface area contributed by atoms with E-state index in [0.29, 0.717) is 6.54 Å². The highest BCUT2D eigenvalue weighted by Gasteiger charge is 2.04. The molecule has 72 valence electrons. The molecule has 0 fully saturated rings. The molecule has 14 heavy (non-hydrogen) atoms. The molecule has 0 radical (unpaired) electrons. The van der Waals surface area contributed by atoms with Crippen LogP contribution in [0.25, 0.3) is 10.4 Å². The summed E-state index contributed by atoms with van der Waals surface area (Å²) in [5, 5.41) is 0. The molecule has 2 rings (SSSR count). The van der Waals surface area contributed by atoms with Crippen LogP contribution in [0.3, 0.4) is 0 Å². The molecule has 1 aromatic heterocycles. The van der Waals surface area contributed by atoms with Crippen molar-refractivity contribution in [3.63, 3.8) is 0 Å². The minimum Gasteiger partial charge on any atom is -0.326 e. The van der Waals surface area contributed by atoms with Gasteiger partial charge in [0.1, 0.15) is 0 Å². The first-order valence-corrected chi connectivity index (χ1v) is 6.24. The normalized spacial score (nSPS) is 10.4. The van der Waals surface area contributed by atoms with Crippen LogP contribution in [0.1, 0.15) is 5.56 Å². The second kappa shape index (κ2) is 4.42. The van der Waals surface area contributed by atoms with E-state index >= 15 is 0 Å². The first-order chi connectivity index (χ1) is 6.81. The van der Waals surface area contributed by atoms with Crippen LogP contribution in [0.2, 0.25) is 0 Å². The fraction of sp³-hybridized carbons (Fsp3) is 0.0909. The van der Waals surface area contributed by atoms with E-state index in [9.17, 15) is 0 Å². The van der Waals surface area contributed by atoms with Gasteiger partial charge >= 0.3 is 0 Å². The third-order valence-electron chi connectivity index (χ3n) is 2.08. The summed E-state index contributed by atoms with van der Waals surface area (Å²) in [6.45, 7) is 0.602. The summed E-state index contributed by atoms with van der Waals surface area (Å²) in [7, 11) is 0. The fourth-order valence-electron chi connectivity index (χ4n) is 1.40.